The number of rotatable bonds is 1. The molecule has 1 atom stereocenters. The van der Waals surface area contributed by atoms with Crippen LogP contribution in [-0.4, -0.2) is 28.7 Å². The van der Waals surface area contributed by atoms with Gasteiger partial charge in [0.2, 0.25) is 0 Å². The Morgan fingerprint density at radius 3 is 2.59 bits per heavy atom. The van der Waals surface area contributed by atoms with Gasteiger partial charge in [-0.3, -0.25) is 4.79 Å². The monoisotopic (exact) mass is 307 g/mol. The van der Waals surface area contributed by atoms with Crippen molar-refractivity contribution in [2.24, 2.45) is 0 Å². The molecule has 17 heavy (non-hydrogen) atoms. The zero-order valence-electron chi connectivity index (χ0n) is 8.72. The standard InChI is InChI=1S/C11H9BrF3NO/c12-6-3-4-16(5-6)11(17)7-1-2-8(13)10(15)9(7)14/h1-2,6H,3-5H2. The second-order valence-electron chi connectivity index (χ2n) is 3.86. The molecule has 2 nitrogen and oxygen atoms in total. The molecule has 1 heterocycles. The first-order valence-corrected chi connectivity index (χ1v) is 5.99. The van der Waals surface area contributed by atoms with Gasteiger partial charge in [-0.25, -0.2) is 13.2 Å². The smallest absolute Gasteiger partial charge is 0.256 e. The second kappa shape index (κ2) is 4.68. The van der Waals surface area contributed by atoms with Crippen molar-refractivity contribution in [2.75, 3.05) is 13.1 Å². The lowest BCUT2D eigenvalue weighted by Gasteiger charge is -2.16. The number of carbonyl (C=O) groups excluding carboxylic acids is 1. The second-order valence-corrected chi connectivity index (χ2v) is 5.15. The van der Waals surface area contributed by atoms with Crippen LogP contribution >= 0.6 is 15.9 Å². The largest absolute Gasteiger partial charge is 0.337 e. The van der Waals surface area contributed by atoms with Crippen LogP contribution in [0.5, 0.6) is 0 Å². The summed E-state index contributed by atoms with van der Waals surface area (Å²) in [6.45, 7) is 0.921. The molecule has 0 N–H and O–H groups in total. The maximum atomic E-state index is 13.4. The van der Waals surface area contributed by atoms with Crippen LogP contribution in [0, 0.1) is 17.5 Å². The Bertz CT molecular complexity index is 466. The summed E-state index contributed by atoms with van der Waals surface area (Å²) in [6.07, 6.45) is 0.761. The number of likely N-dealkylation sites (tertiary alicyclic amines) is 1. The van der Waals surface area contributed by atoms with E-state index in [2.05, 4.69) is 15.9 Å². The maximum Gasteiger partial charge on any atom is 0.256 e. The van der Waals surface area contributed by atoms with Gasteiger partial charge in [-0.05, 0) is 18.6 Å². The van der Waals surface area contributed by atoms with Crippen LogP contribution in [0.1, 0.15) is 16.8 Å². The Morgan fingerprint density at radius 2 is 2.00 bits per heavy atom. The molecule has 1 amide bonds. The van der Waals surface area contributed by atoms with Crippen molar-refractivity contribution in [3.8, 4) is 0 Å². The summed E-state index contributed by atoms with van der Waals surface area (Å²) in [5.74, 6) is -4.93. The lowest BCUT2D eigenvalue weighted by atomic mass is 10.1. The van der Waals surface area contributed by atoms with Crippen molar-refractivity contribution in [1.29, 1.82) is 0 Å². The number of hydrogen-bond donors (Lipinski definition) is 0. The molecule has 0 bridgehead atoms. The van der Waals surface area contributed by atoms with Crippen molar-refractivity contribution in [3.63, 3.8) is 0 Å². The van der Waals surface area contributed by atoms with Gasteiger partial charge in [-0.2, -0.15) is 0 Å². The average molecular weight is 308 g/mol. The molecule has 1 fully saturated rings. The molecule has 0 aromatic heterocycles. The third-order valence-corrected chi connectivity index (χ3v) is 3.43. The molecular weight excluding hydrogens is 299 g/mol. The van der Waals surface area contributed by atoms with Gasteiger partial charge >= 0.3 is 0 Å². The molecule has 0 radical (unpaired) electrons. The fraction of sp³-hybridized carbons (Fsp3) is 0.364. The summed E-state index contributed by atoms with van der Waals surface area (Å²) in [4.78, 5) is 13.4. The molecule has 1 aliphatic heterocycles. The molecule has 0 aliphatic carbocycles. The molecule has 92 valence electrons. The van der Waals surface area contributed by atoms with E-state index in [1.807, 2.05) is 0 Å². The van der Waals surface area contributed by atoms with Crippen LogP contribution < -0.4 is 0 Å². The highest BCUT2D eigenvalue weighted by Gasteiger charge is 2.28. The molecule has 0 saturated carbocycles. The summed E-state index contributed by atoms with van der Waals surface area (Å²) in [5, 5.41) is 0. The summed E-state index contributed by atoms with van der Waals surface area (Å²) >= 11 is 3.34. The summed E-state index contributed by atoms with van der Waals surface area (Å²) in [6, 6.07) is 1.73. The van der Waals surface area contributed by atoms with E-state index in [4.69, 9.17) is 0 Å². The van der Waals surface area contributed by atoms with Crippen molar-refractivity contribution < 1.29 is 18.0 Å². The molecule has 2 rings (SSSR count). The highest BCUT2D eigenvalue weighted by molar-refractivity contribution is 9.09. The molecule has 1 aromatic carbocycles. The van der Waals surface area contributed by atoms with Gasteiger partial charge in [-0.1, -0.05) is 15.9 Å². The minimum atomic E-state index is -1.61. The number of amides is 1. The molecule has 1 aromatic rings. The van der Waals surface area contributed by atoms with Gasteiger partial charge in [-0.15, -0.1) is 0 Å². The maximum absolute atomic E-state index is 13.4. The first-order chi connectivity index (χ1) is 8.00. The number of nitrogens with zero attached hydrogens (tertiary/aromatic N) is 1. The Morgan fingerprint density at radius 1 is 1.29 bits per heavy atom. The van der Waals surface area contributed by atoms with Gasteiger partial charge in [0, 0.05) is 17.9 Å². The Hall–Kier alpha value is -1.04. The summed E-state index contributed by atoms with van der Waals surface area (Å²) in [7, 11) is 0. The third-order valence-electron chi connectivity index (χ3n) is 2.68. The van der Waals surface area contributed by atoms with Gasteiger partial charge < -0.3 is 4.90 Å². The van der Waals surface area contributed by atoms with Crippen LogP contribution in [0.4, 0.5) is 13.2 Å². The minimum absolute atomic E-state index is 0.166. The van der Waals surface area contributed by atoms with Crippen molar-refractivity contribution in [2.45, 2.75) is 11.2 Å². The lowest BCUT2D eigenvalue weighted by Crippen LogP contribution is -2.29. The van der Waals surface area contributed by atoms with E-state index in [1.54, 1.807) is 0 Å². The molecule has 1 aliphatic rings. The van der Waals surface area contributed by atoms with E-state index in [-0.39, 0.29) is 4.83 Å². The number of carbonyl (C=O) groups is 1. The SMILES string of the molecule is O=C(c1ccc(F)c(F)c1F)N1CCC(Br)C1. The topological polar surface area (TPSA) is 20.3 Å². The van der Waals surface area contributed by atoms with Crippen LogP contribution in [0.25, 0.3) is 0 Å². The Balaban J connectivity index is 2.29. The van der Waals surface area contributed by atoms with E-state index in [0.717, 1.165) is 18.6 Å². The fourth-order valence-corrected chi connectivity index (χ4v) is 2.32. The quantitative estimate of drug-likeness (QED) is 0.577. The molecule has 6 heteroatoms. The highest BCUT2D eigenvalue weighted by atomic mass is 79.9. The summed E-state index contributed by atoms with van der Waals surface area (Å²) < 4.78 is 39.1. The lowest BCUT2D eigenvalue weighted by molar-refractivity contribution is 0.0787. The van der Waals surface area contributed by atoms with Gasteiger partial charge in [0.1, 0.15) is 0 Å². The Kier molecular flexibility index (Phi) is 3.42. The van der Waals surface area contributed by atoms with Gasteiger partial charge in [0.05, 0.1) is 5.56 Å². The van der Waals surface area contributed by atoms with Crippen molar-refractivity contribution >= 4 is 21.8 Å². The van der Waals surface area contributed by atoms with E-state index in [9.17, 15) is 18.0 Å². The van der Waals surface area contributed by atoms with Crippen LogP contribution in [0.2, 0.25) is 0 Å². The fourth-order valence-electron chi connectivity index (χ4n) is 1.76. The Labute approximate surface area is 105 Å². The number of alkyl halides is 1. The van der Waals surface area contributed by atoms with Crippen molar-refractivity contribution in [1.82, 2.24) is 4.90 Å². The third kappa shape index (κ3) is 2.31. The molecule has 1 unspecified atom stereocenters. The van der Waals surface area contributed by atoms with Gasteiger partial charge in [0.25, 0.3) is 5.91 Å². The normalized spacial score (nSPS) is 19.8. The number of halogens is 4. The van der Waals surface area contributed by atoms with Crippen LogP contribution in [0.3, 0.4) is 0 Å². The molecular formula is C11H9BrF3NO. The number of hydrogen-bond acceptors (Lipinski definition) is 1. The molecule has 0 spiro atoms. The average Bonchev–Trinajstić information content (AvgIpc) is 2.72. The summed E-state index contributed by atoms with van der Waals surface area (Å²) in [5.41, 5.74) is -0.425. The van der Waals surface area contributed by atoms with Crippen LogP contribution in [0.15, 0.2) is 12.1 Å². The predicted octanol–water partition coefficient (Wildman–Crippen LogP) is 2.71. The van der Waals surface area contributed by atoms with E-state index in [0.29, 0.717) is 13.1 Å². The van der Waals surface area contributed by atoms with Gasteiger partial charge in [0.15, 0.2) is 17.5 Å². The number of benzene rings is 1. The van der Waals surface area contributed by atoms with E-state index < -0.39 is 28.9 Å². The van der Waals surface area contributed by atoms with Crippen molar-refractivity contribution in [3.05, 3.63) is 35.1 Å². The highest BCUT2D eigenvalue weighted by Crippen LogP contribution is 2.21. The zero-order chi connectivity index (χ0) is 12.6. The van der Waals surface area contributed by atoms with E-state index >= 15 is 0 Å². The predicted molar refractivity (Wildman–Crippen MR) is 59.6 cm³/mol. The minimum Gasteiger partial charge on any atom is -0.337 e. The molecule has 1 saturated heterocycles. The first kappa shape index (κ1) is 12.4. The zero-order valence-corrected chi connectivity index (χ0v) is 10.3. The van der Waals surface area contributed by atoms with E-state index in [1.165, 1.54) is 4.90 Å². The first-order valence-electron chi connectivity index (χ1n) is 5.07. The van der Waals surface area contributed by atoms with Crippen LogP contribution in [-0.2, 0) is 0 Å².